The second kappa shape index (κ2) is 4.75. The normalized spacial score (nSPS) is 10.8. The molecule has 5 heteroatoms. The standard InChI is InChI=1S/C14H10BrN3S/c15-9-5-6-12(10(7-9)14(16)19)18-8-17-11-3-1-2-4-13(11)18/h1-8H,(H2,16,19). The minimum Gasteiger partial charge on any atom is -0.389 e. The highest BCUT2D eigenvalue weighted by Gasteiger charge is 2.10. The first-order chi connectivity index (χ1) is 9.16. The molecule has 3 aromatic rings. The molecule has 0 bridgehead atoms. The molecule has 94 valence electrons. The number of thiocarbonyl (C=S) groups is 1. The van der Waals surface area contributed by atoms with Crippen LogP contribution < -0.4 is 5.73 Å². The molecular weight excluding hydrogens is 322 g/mol. The van der Waals surface area contributed by atoms with Crippen LogP contribution in [-0.4, -0.2) is 14.5 Å². The molecule has 19 heavy (non-hydrogen) atoms. The molecule has 2 N–H and O–H groups in total. The summed E-state index contributed by atoms with van der Waals surface area (Å²) in [5, 5.41) is 0. The molecule has 0 saturated heterocycles. The smallest absolute Gasteiger partial charge is 0.106 e. The molecular formula is C14H10BrN3S. The van der Waals surface area contributed by atoms with E-state index in [1.807, 2.05) is 47.0 Å². The number of halogens is 1. The number of para-hydroxylation sites is 2. The van der Waals surface area contributed by atoms with Gasteiger partial charge in [-0.2, -0.15) is 0 Å². The van der Waals surface area contributed by atoms with Gasteiger partial charge in [0.2, 0.25) is 0 Å². The maximum atomic E-state index is 5.81. The lowest BCUT2D eigenvalue weighted by atomic mass is 10.1. The molecule has 2 aromatic carbocycles. The number of hydrogen-bond donors (Lipinski definition) is 1. The van der Waals surface area contributed by atoms with Crippen molar-refractivity contribution in [1.29, 1.82) is 0 Å². The number of aromatic nitrogens is 2. The van der Waals surface area contributed by atoms with Crippen molar-refractivity contribution < 1.29 is 0 Å². The van der Waals surface area contributed by atoms with Gasteiger partial charge < -0.3 is 5.73 Å². The first kappa shape index (κ1) is 12.3. The monoisotopic (exact) mass is 331 g/mol. The largest absolute Gasteiger partial charge is 0.389 e. The second-order valence-electron chi connectivity index (χ2n) is 4.13. The highest BCUT2D eigenvalue weighted by Crippen LogP contribution is 2.24. The van der Waals surface area contributed by atoms with E-state index in [9.17, 15) is 0 Å². The summed E-state index contributed by atoms with van der Waals surface area (Å²) < 4.78 is 2.94. The van der Waals surface area contributed by atoms with Crippen LogP contribution in [-0.2, 0) is 0 Å². The maximum Gasteiger partial charge on any atom is 0.106 e. The van der Waals surface area contributed by atoms with Crippen LogP contribution in [0.3, 0.4) is 0 Å². The van der Waals surface area contributed by atoms with Gasteiger partial charge in [0.25, 0.3) is 0 Å². The summed E-state index contributed by atoms with van der Waals surface area (Å²) in [4.78, 5) is 4.75. The van der Waals surface area contributed by atoms with Crippen molar-refractivity contribution in [3.05, 3.63) is 58.8 Å². The van der Waals surface area contributed by atoms with Crippen molar-refractivity contribution in [3.63, 3.8) is 0 Å². The third-order valence-electron chi connectivity index (χ3n) is 2.94. The molecule has 1 heterocycles. The van der Waals surface area contributed by atoms with E-state index in [0.29, 0.717) is 4.99 Å². The summed E-state index contributed by atoms with van der Waals surface area (Å²) in [6.45, 7) is 0. The van der Waals surface area contributed by atoms with E-state index < -0.39 is 0 Å². The number of benzene rings is 2. The molecule has 0 aliphatic rings. The Kier molecular flexibility index (Phi) is 3.08. The molecule has 1 aromatic heterocycles. The number of hydrogen-bond acceptors (Lipinski definition) is 2. The van der Waals surface area contributed by atoms with Gasteiger partial charge in [0, 0.05) is 10.0 Å². The van der Waals surface area contributed by atoms with Gasteiger partial charge in [-0.15, -0.1) is 0 Å². The predicted octanol–water partition coefficient (Wildman–Crippen LogP) is 3.42. The summed E-state index contributed by atoms with van der Waals surface area (Å²) in [5.41, 5.74) is 9.55. The average Bonchev–Trinajstić information content (AvgIpc) is 2.82. The van der Waals surface area contributed by atoms with Gasteiger partial charge >= 0.3 is 0 Å². The molecule has 0 spiro atoms. The van der Waals surface area contributed by atoms with E-state index in [2.05, 4.69) is 20.9 Å². The number of nitrogens with zero attached hydrogens (tertiary/aromatic N) is 2. The zero-order valence-corrected chi connectivity index (χ0v) is 12.3. The molecule has 0 unspecified atom stereocenters. The predicted molar refractivity (Wildman–Crippen MR) is 84.7 cm³/mol. The maximum absolute atomic E-state index is 5.81. The van der Waals surface area contributed by atoms with E-state index in [1.165, 1.54) is 0 Å². The fraction of sp³-hybridized carbons (Fsp3) is 0. The van der Waals surface area contributed by atoms with E-state index in [1.54, 1.807) is 6.33 Å². The molecule has 0 fully saturated rings. The zero-order chi connectivity index (χ0) is 13.4. The van der Waals surface area contributed by atoms with Gasteiger partial charge in [-0.05, 0) is 30.3 Å². The van der Waals surface area contributed by atoms with Crippen molar-refractivity contribution in [2.75, 3.05) is 0 Å². The van der Waals surface area contributed by atoms with Crippen LogP contribution in [0.25, 0.3) is 16.7 Å². The highest BCUT2D eigenvalue weighted by atomic mass is 79.9. The van der Waals surface area contributed by atoms with Crippen molar-refractivity contribution in [2.45, 2.75) is 0 Å². The molecule has 0 aliphatic carbocycles. The van der Waals surface area contributed by atoms with Crippen molar-refractivity contribution in [3.8, 4) is 5.69 Å². The summed E-state index contributed by atoms with van der Waals surface area (Å²) in [6.07, 6.45) is 1.79. The first-order valence-corrected chi connectivity index (χ1v) is 6.89. The lowest BCUT2D eigenvalue weighted by Crippen LogP contribution is -2.13. The Bertz CT molecular complexity index is 779. The van der Waals surface area contributed by atoms with E-state index in [0.717, 1.165) is 26.8 Å². The lowest BCUT2D eigenvalue weighted by Gasteiger charge is -2.10. The fourth-order valence-corrected chi connectivity index (χ4v) is 2.59. The van der Waals surface area contributed by atoms with Crippen LogP contribution in [0.2, 0.25) is 0 Å². The summed E-state index contributed by atoms with van der Waals surface area (Å²) >= 11 is 8.57. The van der Waals surface area contributed by atoms with Crippen molar-refractivity contribution >= 4 is 44.2 Å². The molecule has 3 nitrogen and oxygen atoms in total. The molecule has 0 amide bonds. The van der Waals surface area contributed by atoms with Crippen molar-refractivity contribution in [1.82, 2.24) is 9.55 Å². The van der Waals surface area contributed by atoms with Gasteiger partial charge in [0.1, 0.15) is 11.3 Å². The minimum absolute atomic E-state index is 0.370. The number of imidazole rings is 1. The van der Waals surface area contributed by atoms with E-state index in [4.69, 9.17) is 18.0 Å². The van der Waals surface area contributed by atoms with Crippen LogP contribution >= 0.6 is 28.1 Å². The molecule has 0 aliphatic heterocycles. The van der Waals surface area contributed by atoms with Crippen LogP contribution in [0, 0.1) is 0 Å². The van der Waals surface area contributed by atoms with E-state index in [-0.39, 0.29) is 0 Å². The Morgan fingerprint density at radius 2 is 2.00 bits per heavy atom. The Balaban J connectivity index is 2.30. The second-order valence-corrected chi connectivity index (χ2v) is 5.48. The summed E-state index contributed by atoms with van der Waals surface area (Å²) in [5.74, 6) is 0. The quantitative estimate of drug-likeness (QED) is 0.732. The Hall–Kier alpha value is -1.72. The number of rotatable bonds is 2. The molecule has 3 rings (SSSR count). The topological polar surface area (TPSA) is 43.8 Å². The third-order valence-corrected chi connectivity index (χ3v) is 3.65. The highest BCUT2D eigenvalue weighted by molar-refractivity contribution is 9.10. The Morgan fingerprint density at radius 1 is 1.21 bits per heavy atom. The molecule has 0 radical (unpaired) electrons. The Labute approximate surface area is 124 Å². The van der Waals surface area contributed by atoms with Gasteiger partial charge in [0.15, 0.2) is 0 Å². The fourth-order valence-electron chi connectivity index (χ4n) is 2.07. The van der Waals surface area contributed by atoms with Crippen LogP contribution in [0.1, 0.15) is 5.56 Å². The minimum atomic E-state index is 0.370. The van der Waals surface area contributed by atoms with E-state index >= 15 is 0 Å². The van der Waals surface area contributed by atoms with Crippen LogP contribution in [0.5, 0.6) is 0 Å². The van der Waals surface area contributed by atoms with Crippen LogP contribution in [0.15, 0.2) is 53.3 Å². The van der Waals surface area contributed by atoms with Gasteiger partial charge in [-0.3, -0.25) is 4.57 Å². The van der Waals surface area contributed by atoms with Gasteiger partial charge in [-0.25, -0.2) is 4.98 Å². The van der Waals surface area contributed by atoms with Crippen LogP contribution in [0.4, 0.5) is 0 Å². The zero-order valence-electron chi connectivity index (χ0n) is 9.88. The Morgan fingerprint density at radius 3 is 2.79 bits per heavy atom. The third kappa shape index (κ3) is 2.15. The van der Waals surface area contributed by atoms with Crippen molar-refractivity contribution in [2.24, 2.45) is 5.73 Å². The first-order valence-electron chi connectivity index (χ1n) is 5.68. The molecule has 0 atom stereocenters. The SMILES string of the molecule is NC(=S)c1cc(Br)ccc1-n1cnc2ccccc21. The average molecular weight is 332 g/mol. The lowest BCUT2D eigenvalue weighted by molar-refractivity contribution is 1.09. The number of nitrogens with two attached hydrogens (primary N) is 1. The summed E-state index contributed by atoms with van der Waals surface area (Å²) in [6, 6.07) is 13.8. The van der Waals surface area contributed by atoms with Gasteiger partial charge in [-0.1, -0.05) is 40.3 Å². The summed E-state index contributed by atoms with van der Waals surface area (Å²) in [7, 11) is 0. The number of fused-ring (bicyclic) bond motifs is 1. The van der Waals surface area contributed by atoms with Gasteiger partial charge in [0.05, 0.1) is 16.7 Å². The molecule has 0 saturated carbocycles.